The second-order valence-corrected chi connectivity index (χ2v) is 9.52. The first-order chi connectivity index (χ1) is 17.1. The van der Waals surface area contributed by atoms with Gasteiger partial charge in [0.05, 0.1) is 26.7 Å². The molecule has 7 nitrogen and oxygen atoms in total. The first-order valence-corrected chi connectivity index (χ1v) is 12.7. The lowest BCUT2D eigenvalue weighted by Crippen LogP contribution is -2.35. The van der Waals surface area contributed by atoms with E-state index in [0.29, 0.717) is 31.5 Å². The molecule has 0 aromatic carbocycles. The Labute approximate surface area is 207 Å². The first kappa shape index (κ1) is 25.4. The lowest BCUT2D eigenvalue weighted by Gasteiger charge is -2.32. The van der Waals surface area contributed by atoms with Crippen molar-refractivity contribution in [3.8, 4) is 0 Å². The van der Waals surface area contributed by atoms with E-state index in [9.17, 15) is 9.18 Å². The molecule has 4 rings (SSSR count). The van der Waals surface area contributed by atoms with Gasteiger partial charge in [0.25, 0.3) is 0 Å². The van der Waals surface area contributed by atoms with Crippen LogP contribution in [0.1, 0.15) is 44.6 Å². The van der Waals surface area contributed by atoms with Crippen LogP contribution in [-0.4, -0.2) is 49.4 Å². The van der Waals surface area contributed by atoms with Gasteiger partial charge in [0.1, 0.15) is 11.6 Å². The molecule has 35 heavy (non-hydrogen) atoms. The van der Waals surface area contributed by atoms with Gasteiger partial charge in [-0.1, -0.05) is 12.2 Å². The van der Waals surface area contributed by atoms with Crippen molar-refractivity contribution >= 4 is 11.9 Å². The van der Waals surface area contributed by atoms with Crippen molar-refractivity contribution < 1.29 is 23.4 Å². The SMILES string of the molecule is CCOCc1cnc(N2CCC(C3CC3CCOC3=CC=CC(CC(=O)OC)C(F)=C3)CC2)nc1. The van der Waals surface area contributed by atoms with E-state index in [2.05, 4.69) is 19.6 Å². The average Bonchev–Trinajstić information content (AvgIpc) is 3.68. The Morgan fingerprint density at radius 1 is 1.23 bits per heavy atom. The van der Waals surface area contributed by atoms with Crippen LogP contribution in [0, 0.1) is 23.7 Å². The summed E-state index contributed by atoms with van der Waals surface area (Å²) >= 11 is 0. The van der Waals surface area contributed by atoms with Gasteiger partial charge in [0.2, 0.25) is 5.95 Å². The summed E-state index contributed by atoms with van der Waals surface area (Å²) in [4.78, 5) is 22.8. The lowest BCUT2D eigenvalue weighted by molar-refractivity contribution is -0.141. The molecule has 1 aromatic heterocycles. The fourth-order valence-corrected chi connectivity index (χ4v) is 5.03. The Kier molecular flexibility index (Phi) is 8.90. The zero-order chi connectivity index (χ0) is 24.6. The Morgan fingerprint density at radius 3 is 2.71 bits per heavy atom. The molecule has 1 aliphatic heterocycles. The minimum atomic E-state index is -0.600. The molecule has 3 aliphatic rings. The monoisotopic (exact) mass is 485 g/mol. The highest BCUT2D eigenvalue weighted by Gasteiger charge is 2.43. The maximum atomic E-state index is 14.4. The summed E-state index contributed by atoms with van der Waals surface area (Å²) in [5, 5.41) is 0. The van der Waals surface area contributed by atoms with Gasteiger partial charge in [-0.25, -0.2) is 14.4 Å². The molecule has 2 heterocycles. The predicted octanol–water partition coefficient (Wildman–Crippen LogP) is 4.76. The standard InChI is InChI=1S/C27H36FN3O4/c1-3-34-18-19-16-29-27(30-17-19)31-10-7-20(8-11-31)24-13-21(24)9-12-35-23-6-4-5-22(25(28)15-23)14-26(32)33-2/h4-6,15-17,20-22,24H,3,7-14,18H2,1-2H3. The Hall–Kier alpha value is -2.74. The summed E-state index contributed by atoms with van der Waals surface area (Å²) in [6.45, 7) is 5.78. The number of esters is 1. The summed E-state index contributed by atoms with van der Waals surface area (Å²) in [6, 6.07) is 0. The fourth-order valence-electron chi connectivity index (χ4n) is 5.03. The van der Waals surface area contributed by atoms with Gasteiger partial charge in [0, 0.05) is 49.6 Å². The number of rotatable bonds is 11. The smallest absolute Gasteiger partial charge is 0.306 e. The molecule has 1 aromatic rings. The third-order valence-electron chi connectivity index (χ3n) is 7.18. The predicted molar refractivity (Wildman–Crippen MR) is 131 cm³/mol. The van der Waals surface area contributed by atoms with Gasteiger partial charge < -0.3 is 19.1 Å². The highest BCUT2D eigenvalue weighted by Crippen LogP contribution is 2.50. The third-order valence-corrected chi connectivity index (χ3v) is 7.18. The van der Waals surface area contributed by atoms with Crippen molar-refractivity contribution in [2.75, 3.05) is 38.3 Å². The highest BCUT2D eigenvalue weighted by atomic mass is 19.1. The number of anilines is 1. The highest BCUT2D eigenvalue weighted by molar-refractivity contribution is 5.70. The zero-order valence-electron chi connectivity index (χ0n) is 20.7. The van der Waals surface area contributed by atoms with Gasteiger partial charge in [-0.15, -0.1) is 0 Å². The van der Waals surface area contributed by atoms with E-state index >= 15 is 0 Å². The van der Waals surface area contributed by atoms with Crippen LogP contribution in [0.2, 0.25) is 0 Å². The van der Waals surface area contributed by atoms with Crippen molar-refractivity contribution in [2.45, 2.75) is 45.6 Å². The molecule has 1 saturated heterocycles. The first-order valence-electron chi connectivity index (χ1n) is 12.7. The number of hydrogen-bond acceptors (Lipinski definition) is 7. The second kappa shape index (κ2) is 12.3. The van der Waals surface area contributed by atoms with Crippen LogP contribution in [0.5, 0.6) is 0 Å². The van der Waals surface area contributed by atoms with Crippen molar-refractivity contribution in [2.24, 2.45) is 23.7 Å². The van der Waals surface area contributed by atoms with E-state index in [-0.39, 0.29) is 12.2 Å². The van der Waals surface area contributed by atoms with E-state index in [4.69, 9.17) is 9.47 Å². The third kappa shape index (κ3) is 7.13. The van der Waals surface area contributed by atoms with Crippen LogP contribution in [0.15, 0.2) is 48.3 Å². The van der Waals surface area contributed by atoms with Gasteiger partial charge in [-0.3, -0.25) is 4.79 Å². The number of carbonyl (C=O) groups is 1. The Morgan fingerprint density at radius 2 is 2.00 bits per heavy atom. The van der Waals surface area contributed by atoms with E-state index in [1.54, 1.807) is 18.2 Å². The number of piperidine rings is 1. The van der Waals surface area contributed by atoms with Crippen molar-refractivity contribution in [1.29, 1.82) is 0 Å². The van der Waals surface area contributed by atoms with Gasteiger partial charge in [0.15, 0.2) is 0 Å². The molecule has 3 unspecified atom stereocenters. The van der Waals surface area contributed by atoms with Crippen LogP contribution >= 0.6 is 0 Å². The molecule has 1 saturated carbocycles. The molecule has 0 bridgehead atoms. The molecule has 8 heteroatoms. The molecule has 0 spiro atoms. The quantitative estimate of drug-likeness (QED) is 0.419. The average molecular weight is 486 g/mol. The van der Waals surface area contributed by atoms with Crippen molar-refractivity contribution in [3.63, 3.8) is 0 Å². The van der Waals surface area contributed by atoms with E-state index in [0.717, 1.165) is 55.7 Å². The molecular formula is C27H36FN3O4. The maximum Gasteiger partial charge on any atom is 0.306 e. The number of methoxy groups -OCH3 is 1. The van der Waals surface area contributed by atoms with Gasteiger partial charge >= 0.3 is 5.97 Å². The summed E-state index contributed by atoms with van der Waals surface area (Å²) in [5.74, 6) is 2.09. The number of ether oxygens (including phenoxy) is 3. The number of hydrogen-bond donors (Lipinski definition) is 0. The number of halogens is 1. The van der Waals surface area contributed by atoms with Crippen LogP contribution in [0.4, 0.5) is 10.3 Å². The minimum Gasteiger partial charge on any atom is -0.493 e. The Bertz CT molecular complexity index is 938. The van der Waals surface area contributed by atoms with Crippen LogP contribution in [-0.2, 0) is 25.6 Å². The maximum absolute atomic E-state index is 14.4. The van der Waals surface area contributed by atoms with Crippen molar-refractivity contribution in [1.82, 2.24) is 9.97 Å². The lowest BCUT2D eigenvalue weighted by atomic mass is 9.90. The van der Waals surface area contributed by atoms with Crippen molar-refractivity contribution in [3.05, 3.63) is 53.8 Å². The van der Waals surface area contributed by atoms with E-state index < -0.39 is 11.9 Å². The summed E-state index contributed by atoms with van der Waals surface area (Å²) in [5.41, 5.74) is 1.00. The molecule has 190 valence electrons. The summed E-state index contributed by atoms with van der Waals surface area (Å²) in [6.07, 6.45) is 14.8. The van der Waals surface area contributed by atoms with Crippen LogP contribution < -0.4 is 4.90 Å². The number of aromatic nitrogens is 2. The van der Waals surface area contributed by atoms with Gasteiger partial charge in [-0.2, -0.15) is 0 Å². The van der Waals surface area contributed by atoms with Crippen LogP contribution in [0.25, 0.3) is 0 Å². The number of allylic oxidation sites excluding steroid dienone is 5. The normalized spacial score (nSPS) is 24.4. The number of nitrogens with zero attached hydrogens (tertiary/aromatic N) is 3. The Balaban J connectivity index is 1.15. The van der Waals surface area contributed by atoms with Gasteiger partial charge in [-0.05, 0) is 56.4 Å². The summed E-state index contributed by atoms with van der Waals surface area (Å²) < 4.78 is 30.4. The largest absolute Gasteiger partial charge is 0.493 e. The molecule has 2 aliphatic carbocycles. The molecule has 0 amide bonds. The second-order valence-electron chi connectivity index (χ2n) is 9.52. The van der Waals surface area contributed by atoms with E-state index in [1.807, 2.05) is 19.3 Å². The topological polar surface area (TPSA) is 73.8 Å². The summed E-state index contributed by atoms with van der Waals surface area (Å²) in [7, 11) is 1.31. The minimum absolute atomic E-state index is 0.00955. The molecule has 0 radical (unpaired) electrons. The number of carbonyl (C=O) groups excluding carboxylic acids is 1. The molecule has 3 atom stereocenters. The molecule has 2 fully saturated rings. The molecule has 0 N–H and O–H groups in total. The molecular weight excluding hydrogens is 449 g/mol. The van der Waals surface area contributed by atoms with Crippen LogP contribution in [0.3, 0.4) is 0 Å². The fraction of sp³-hybridized carbons (Fsp3) is 0.593. The zero-order valence-corrected chi connectivity index (χ0v) is 20.7. The van der Waals surface area contributed by atoms with E-state index in [1.165, 1.54) is 19.6 Å².